The Morgan fingerprint density at radius 1 is 0.900 bits per heavy atom. The molecular weight excluding hydrogens is 549 g/mol. The van der Waals surface area contributed by atoms with Crippen molar-refractivity contribution in [3.8, 4) is 28.2 Å². The number of rotatable bonds is 3. The van der Waals surface area contributed by atoms with Crippen LogP contribution < -0.4 is 0 Å². The van der Waals surface area contributed by atoms with Gasteiger partial charge in [0.2, 0.25) is 0 Å². The van der Waals surface area contributed by atoms with Crippen LogP contribution in [0.1, 0.15) is 11.1 Å². The van der Waals surface area contributed by atoms with E-state index < -0.39 is 0 Å². The van der Waals surface area contributed by atoms with Crippen LogP contribution in [-0.2, 0) is 27.2 Å². The molecule has 0 atom stereocenters. The van der Waals surface area contributed by atoms with Crippen molar-refractivity contribution in [1.29, 1.82) is 0 Å². The fourth-order valence-corrected chi connectivity index (χ4v) is 4.01. The zero-order valence-corrected chi connectivity index (χ0v) is 19.4. The average Bonchev–Trinajstić information content (AvgIpc) is 3.35. The van der Waals surface area contributed by atoms with Crippen molar-refractivity contribution in [3.05, 3.63) is 90.5 Å². The van der Waals surface area contributed by atoms with Gasteiger partial charge < -0.3 is 9.13 Å². The first-order valence-electron chi connectivity index (χ1n) is 9.65. The summed E-state index contributed by atoms with van der Waals surface area (Å²) >= 11 is 0. The second kappa shape index (κ2) is 8.02. The monoisotopic (exact) mass is 570 g/mol. The topological polar surface area (TPSA) is 35.6 Å². The predicted molar refractivity (Wildman–Crippen MR) is 117 cm³/mol. The van der Waals surface area contributed by atoms with Crippen LogP contribution in [0.4, 0.5) is 0 Å². The number of benzene rings is 3. The van der Waals surface area contributed by atoms with Crippen molar-refractivity contribution in [1.82, 2.24) is 19.1 Å². The second-order valence-electron chi connectivity index (χ2n) is 7.42. The van der Waals surface area contributed by atoms with Gasteiger partial charge in [-0.05, 0) is 53.8 Å². The van der Waals surface area contributed by atoms with Gasteiger partial charge in [-0.15, -0.1) is 23.8 Å². The van der Waals surface area contributed by atoms with Gasteiger partial charge in [0.25, 0.3) is 0 Å². The molecule has 0 spiro atoms. The predicted octanol–water partition coefficient (Wildman–Crippen LogP) is 5.51. The van der Waals surface area contributed by atoms with Gasteiger partial charge in [0.05, 0.1) is 12.2 Å². The van der Waals surface area contributed by atoms with Crippen molar-refractivity contribution in [2.45, 2.75) is 13.8 Å². The van der Waals surface area contributed by atoms with Crippen LogP contribution in [0.25, 0.3) is 39.2 Å². The third-order valence-corrected chi connectivity index (χ3v) is 5.38. The van der Waals surface area contributed by atoms with Crippen LogP contribution in [0.5, 0.6) is 0 Å². The Labute approximate surface area is 189 Å². The Morgan fingerprint density at radius 3 is 2.37 bits per heavy atom. The van der Waals surface area contributed by atoms with Gasteiger partial charge in [-0.25, -0.2) is 0 Å². The van der Waals surface area contributed by atoms with Crippen LogP contribution >= 0.6 is 0 Å². The summed E-state index contributed by atoms with van der Waals surface area (Å²) in [4.78, 5) is 9.11. The van der Waals surface area contributed by atoms with Gasteiger partial charge in [0.1, 0.15) is 0 Å². The largest absolute Gasteiger partial charge is 0.373 e. The van der Waals surface area contributed by atoms with Crippen molar-refractivity contribution < 1.29 is 20.1 Å². The van der Waals surface area contributed by atoms with Crippen LogP contribution in [0.2, 0.25) is 0 Å². The van der Waals surface area contributed by atoms with E-state index in [-0.39, 0.29) is 20.1 Å². The molecule has 30 heavy (non-hydrogen) atoms. The second-order valence-corrected chi connectivity index (χ2v) is 7.42. The Hall–Kier alpha value is -3.01. The third-order valence-electron chi connectivity index (χ3n) is 5.38. The first-order valence-corrected chi connectivity index (χ1v) is 9.65. The summed E-state index contributed by atoms with van der Waals surface area (Å²) in [6.45, 7) is 4.31. The molecule has 0 fully saturated rings. The van der Waals surface area contributed by atoms with Crippen LogP contribution in [-0.4, -0.2) is 19.1 Å². The zero-order valence-electron chi connectivity index (χ0n) is 17.1. The standard InChI is InChI=1S/C25H21N4.Ir/c1-17-13-21(19-7-5-4-6-8-19)14-18(2)24(17)29-12-11-26-25(29)20-9-10-23-22(15-20)27-16-28(23)3;/h4-8,10-16H,1-3H3;/q-1;. The van der Waals surface area contributed by atoms with E-state index in [2.05, 4.69) is 76.9 Å². The molecule has 5 rings (SSSR count). The molecule has 151 valence electrons. The quantitative estimate of drug-likeness (QED) is 0.269. The molecule has 5 heteroatoms. The normalized spacial score (nSPS) is 10.9. The molecule has 0 saturated heterocycles. The molecule has 0 bridgehead atoms. The SMILES string of the molecule is Cc1cc(-c2ccccc2)cc(C)c1-n1ccnc1-c1[c-]cc2c(c1)ncn2C.[Ir]. The van der Waals surface area contributed by atoms with Gasteiger partial charge in [-0.3, -0.25) is 9.97 Å². The molecule has 1 radical (unpaired) electrons. The van der Waals surface area contributed by atoms with Crippen LogP contribution in [0.15, 0.2) is 73.3 Å². The van der Waals surface area contributed by atoms with Crippen molar-refractivity contribution >= 4 is 11.0 Å². The maximum Gasteiger partial charge on any atom is 0.0853 e. The fraction of sp³-hybridized carbons (Fsp3) is 0.120. The van der Waals surface area contributed by atoms with E-state index >= 15 is 0 Å². The smallest absolute Gasteiger partial charge is 0.0853 e. The molecule has 2 aromatic heterocycles. The minimum Gasteiger partial charge on any atom is -0.373 e. The zero-order chi connectivity index (χ0) is 20.0. The summed E-state index contributed by atoms with van der Waals surface area (Å²) in [7, 11) is 1.99. The number of imidazole rings is 2. The molecule has 0 saturated carbocycles. The summed E-state index contributed by atoms with van der Waals surface area (Å²) < 4.78 is 4.15. The molecule has 3 aromatic carbocycles. The first kappa shape index (κ1) is 20.3. The van der Waals surface area contributed by atoms with Gasteiger partial charge in [0.15, 0.2) is 0 Å². The molecule has 0 aliphatic carbocycles. The summed E-state index contributed by atoms with van der Waals surface area (Å²) in [5.74, 6) is 0.871. The van der Waals surface area contributed by atoms with Gasteiger partial charge >= 0.3 is 0 Å². The molecule has 0 amide bonds. The third kappa shape index (κ3) is 3.40. The minimum absolute atomic E-state index is 0. The molecule has 5 aromatic rings. The van der Waals surface area contributed by atoms with Crippen molar-refractivity contribution in [2.75, 3.05) is 0 Å². The van der Waals surface area contributed by atoms with E-state index in [4.69, 9.17) is 0 Å². The van der Waals surface area contributed by atoms with E-state index in [9.17, 15) is 0 Å². The number of fused-ring (bicyclic) bond motifs is 1. The summed E-state index contributed by atoms with van der Waals surface area (Å²) in [5, 5.41) is 0. The number of hydrogen-bond donors (Lipinski definition) is 0. The number of hydrogen-bond acceptors (Lipinski definition) is 2. The van der Waals surface area contributed by atoms with E-state index in [1.165, 1.54) is 22.3 Å². The number of aryl methyl sites for hydroxylation is 3. The Bertz CT molecular complexity index is 1310. The summed E-state index contributed by atoms with van der Waals surface area (Å²) in [6, 6.07) is 22.4. The fourth-order valence-electron chi connectivity index (χ4n) is 4.01. The Kier molecular flexibility index (Phi) is 5.42. The van der Waals surface area contributed by atoms with Gasteiger partial charge in [0, 0.05) is 50.8 Å². The van der Waals surface area contributed by atoms with Crippen LogP contribution in [0.3, 0.4) is 0 Å². The molecule has 0 aliphatic heterocycles. The van der Waals surface area contributed by atoms with E-state index in [0.29, 0.717) is 0 Å². The van der Waals surface area contributed by atoms with Crippen molar-refractivity contribution in [3.63, 3.8) is 0 Å². The van der Waals surface area contributed by atoms with E-state index in [0.717, 1.165) is 28.1 Å². The van der Waals surface area contributed by atoms with Gasteiger partial charge in [-0.2, -0.15) is 0 Å². The molecule has 4 nitrogen and oxygen atoms in total. The van der Waals surface area contributed by atoms with E-state index in [1.54, 1.807) is 0 Å². The molecule has 2 heterocycles. The average molecular weight is 570 g/mol. The Balaban J connectivity index is 0.00000218. The van der Waals surface area contributed by atoms with Crippen molar-refractivity contribution in [2.24, 2.45) is 7.05 Å². The van der Waals surface area contributed by atoms with E-state index in [1.807, 2.05) is 42.5 Å². The summed E-state index contributed by atoms with van der Waals surface area (Å²) in [6.07, 6.45) is 5.68. The maximum atomic E-state index is 4.64. The molecule has 0 aliphatic rings. The molecular formula is C25H21IrN4-. The Morgan fingerprint density at radius 2 is 1.63 bits per heavy atom. The number of aromatic nitrogens is 4. The molecule has 0 N–H and O–H groups in total. The molecule has 0 unspecified atom stereocenters. The summed E-state index contributed by atoms with van der Waals surface area (Å²) in [5.41, 5.74) is 8.98. The number of nitrogens with zero attached hydrogens (tertiary/aromatic N) is 4. The maximum absolute atomic E-state index is 4.64. The minimum atomic E-state index is 0. The first-order chi connectivity index (χ1) is 14.1. The van der Waals surface area contributed by atoms with Crippen LogP contribution in [0, 0.1) is 19.9 Å². The van der Waals surface area contributed by atoms with Gasteiger partial charge in [-0.1, -0.05) is 30.3 Å².